The van der Waals surface area contributed by atoms with Crippen LogP contribution in [0.25, 0.3) is 15.3 Å². The Hall–Kier alpha value is -3.46. The van der Waals surface area contributed by atoms with E-state index in [9.17, 15) is 4.79 Å². The third-order valence-corrected chi connectivity index (χ3v) is 4.51. The average Bonchev–Trinajstić information content (AvgIpc) is 3.18. The van der Waals surface area contributed by atoms with Gasteiger partial charge in [0.15, 0.2) is 0 Å². The molecule has 0 atom stereocenters. The van der Waals surface area contributed by atoms with Crippen molar-refractivity contribution in [3.8, 4) is 5.13 Å². The number of hydrogen-bond donors (Lipinski definition) is 3. The van der Waals surface area contributed by atoms with Crippen molar-refractivity contribution in [3.63, 3.8) is 0 Å². The standard InChI is InChI=1S/C16H13N7OS/c17-13(24)9-4-3-5-10(8-9)19-15-21-14(18)23(22-15)16-20-11-6-1-2-7-12(11)25-16/h1-8H,(H2,17,24)(H3,18,19,21,22). The summed E-state index contributed by atoms with van der Waals surface area (Å²) in [7, 11) is 0. The molecule has 124 valence electrons. The van der Waals surface area contributed by atoms with E-state index in [-0.39, 0.29) is 5.95 Å². The fraction of sp³-hybridized carbons (Fsp3) is 0. The second kappa shape index (κ2) is 5.87. The van der Waals surface area contributed by atoms with Crippen LogP contribution in [0.2, 0.25) is 0 Å². The molecule has 0 aliphatic carbocycles. The van der Waals surface area contributed by atoms with Crippen molar-refractivity contribution in [2.75, 3.05) is 11.1 Å². The van der Waals surface area contributed by atoms with Crippen LogP contribution < -0.4 is 16.8 Å². The first-order chi connectivity index (χ1) is 12.1. The number of amides is 1. The molecule has 9 heteroatoms. The maximum Gasteiger partial charge on any atom is 0.248 e. The van der Waals surface area contributed by atoms with Gasteiger partial charge in [-0.15, -0.1) is 5.10 Å². The highest BCUT2D eigenvalue weighted by molar-refractivity contribution is 7.20. The Morgan fingerprint density at radius 2 is 1.96 bits per heavy atom. The van der Waals surface area contributed by atoms with Gasteiger partial charge in [-0.2, -0.15) is 9.67 Å². The lowest BCUT2D eigenvalue weighted by molar-refractivity contribution is 0.100. The van der Waals surface area contributed by atoms with Crippen molar-refractivity contribution in [1.29, 1.82) is 0 Å². The van der Waals surface area contributed by atoms with Gasteiger partial charge in [-0.25, -0.2) is 4.98 Å². The molecule has 2 aromatic carbocycles. The Balaban J connectivity index is 1.66. The molecule has 0 unspecified atom stereocenters. The van der Waals surface area contributed by atoms with E-state index in [1.54, 1.807) is 24.3 Å². The molecule has 2 heterocycles. The van der Waals surface area contributed by atoms with Crippen molar-refractivity contribution in [2.24, 2.45) is 5.73 Å². The summed E-state index contributed by atoms with van der Waals surface area (Å²) in [6, 6.07) is 14.5. The Labute approximate surface area is 146 Å². The number of hydrogen-bond acceptors (Lipinski definition) is 7. The van der Waals surface area contributed by atoms with Gasteiger partial charge in [-0.05, 0) is 30.3 Å². The van der Waals surface area contributed by atoms with Crippen molar-refractivity contribution in [2.45, 2.75) is 0 Å². The summed E-state index contributed by atoms with van der Waals surface area (Å²) in [5.41, 5.74) is 13.2. The van der Waals surface area contributed by atoms with Crippen LogP contribution in [0.5, 0.6) is 0 Å². The van der Waals surface area contributed by atoms with E-state index in [1.807, 2.05) is 24.3 Å². The number of para-hydroxylation sites is 1. The van der Waals surface area contributed by atoms with Gasteiger partial charge in [-0.3, -0.25) is 4.79 Å². The number of nitrogen functional groups attached to an aromatic ring is 1. The topological polar surface area (TPSA) is 125 Å². The third-order valence-electron chi connectivity index (χ3n) is 3.50. The summed E-state index contributed by atoms with van der Waals surface area (Å²) in [5, 5.41) is 7.99. The van der Waals surface area contributed by atoms with Crippen molar-refractivity contribution in [3.05, 3.63) is 54.1 Å². The normalized spacial score (nSPS) is 10.9. The lowest BCUT2D eigenvalue weighted by Gasteiger charge is -2.02. The quantitative estimate of drug-likeness (QED) is 0.518. The Morgan fingerprint density at radius 3 is 2.76 bits per heavy atom. The number of anilines is 3. The van der Waals surface area contributed by atoms with Gasteiger partial charge in [0.1, 0.15) is 0 Å². The SMILES string of the molecule is NC(=O)c1cccc(Nc2nc(N)n(-c3nc4ccccc4s3)n2)c1. The van der Waals surface area contributed by atoms with Gasteiger partial charge < -0.3 is 16.8 Å². The van der Waals surface area contributed by atoms with Crippen molar-refractivity contribution in [1.82, 2.24) is 19.7 Å². The smallest absolute Gasteiger partial charge is 0.248 e. The summed E-state index contributed by atoms with van der Waals surface area (Å²) in [4.78, 5) is 20.0. The zero-order chi connectivity index (χ0) is 17.4. The second-order valence-electron chi connectivity index (χ2n) is 5.24. The van der Waals surface area contributed by atoms with E-state index >= 15 is 0 Å². The Morgan fingerprint density at radius 1 is 1.12 bits per heavy atom. The molecule has 1 amide bonds. The highest BCUT2D eigenvalue weighted by atomic mass is 32.1. The minimum atomic E-state index is -0.504. The van der Waals surface area contributed by atoms with Crippen LogP contribution in [0.15, 0.2) is 48.5 Å². The minimum Gasteiger partial charge on any atom is -0.368 e. The van der Waals surface area contributed by atoms with Gasteiger partial charge in [-0.1, -0.05) is 29.5 Å². The maximum absolute atomic E-state index is 11.3. The number of thiazole rings is 1. The number of nitrogens with two attached hydrogens (primary N) is 2. The van der Waals surface area contributed by atoms with E-state index in [0.717, 1.165) is 10.2 Å². The number of aromatic nitrogens is 4. The fourth-order valence-electron chi connectivity index (χ4n) is 2.35. The molecule has 2 aromatic heterocycles. The molecule has 0 aliphatic rings. The van der Waals surface area contributed by atoms with Crippen LogP contribution in [0.1, 0.15) is 10.4 Å². The molecule has 0 aliphatic heterocycles. The molecule has 0 saturated carbocycles. The van der Waals surface area contributed by atoms with Gasteiger partial charge in [0, 0.05) is 11.3 Å². The summed E-state index contributed by atoms with van der Waals surface area (Å²) in [5.74, 6) is 0.0158. The number of carbonyl (C=O) groups is 1. The summed E-state index contributed by atoms with van der Waals surface area (Å²) in [6.07, 6.45) is 0. The zero-order valence-electron chi connectivity index (χ0n) is 12.9. The highest BCUT2D eigenvalue weighted by Gasteiger charge is 2.13. The van der Waals surface area contributed by atoms with Gasteiger partial charge >= 0.3 is 0 Å². The molecule has 4 aromatic rings. The first-order valence-corrected chi connectivity index (χ1v) is 8.17. The number of fused-ring (bicyclic) bond motifs is 1. The minimum absolute atomic E-state index is 0.215. The van der Waals surface area contributed by atoms with Crippen LogP contribution in [0.4, 0.5) is 17.6 Å². The van der Waals surface area contributed by atoms with E-state index in [1.165, 1.54) is 16.0 Å². The van der Waals surface area contributed by atoms with Gasteiger partial charge in [0.2, 0.25) is 22.9 Å². The maximum atomic E-state index is 11.3. The Kier molecular flexibility index (Phi) is 3.55. The first kappa shape index (κ1) is 15.1. The summed E-state index contributed by atoms with van der Waals surface area (Å²) >= 11 is 1.47. The number of benzene rings is 2. The molecular weight excluding hydrogens is 338 g/mol. The van der Waals surface area contributed by atoms with Gasteiger partial charge in [0.05, 0.1) is 10.2 Å². The zero-order valence-corrected chi connectivity index (χ0v) is 13.7. The average molecular weight is 351 g/mol. The summed E-state index contributed by atoms with van der Waals surface area (Å²) < 4.78 is 2.52. The number of carbonyl (C=O) groups excluding carboxylic acids is 1. The molecule has 4 rings (SSSR count). The van der Waals surface area contributed by atoms with E-state index in [2.05, 4.69) is 20.4 Å². The molecule has 8 nitrogen and oxygen atoms in total. The van der Waals surface area contributed by atoms with E-state index in [4.69, 9.17) is 11.5 Å². The molecule has 25 heavy (non-hydrogen) atoms. The van der Waals surface area contributed by atoms with Crippen LogP contribution in [-0.2, 0) is 0 Å². The van der Waals surface area contributed by atoms with Crippen molar-refractivity contribution < 1.29 is 4.79 Å². The van der Waals surface area contributed by atoms with Crippen LogP contribution in [0, 0.1) is 0 Å². The predicted molar refractivity (Wildman–Crippen MR) is 97.2 cm³/mol. The number of nitrogens with zero attached hydrogens (tertiary/aromatic N) is 4. The molecular formula is C16H13N7OS. The van der Waals surface area contributed by atoms with Crippen molar-refractivity contribution >= 4 is 45.0 Å². The number of nitrogens with one attached hydrogen (secondary N) is 1. The van der Waals surface area contributed by atoms with E-state index in [0.29, 0.717) is 22.3 Å². The Bertz CT molecular complexity index is 1050. The second-order valence-corrected chi connectivity index (χ2v) is 6.25. The molecule has 0 bridgehead atoms. The largest absolute Gasteiger partial charge is 0.368 e. The first-order valence-electron chi connectivity index (χ1n) is 7.35. The lowest BCUT2D eigenvalue weighted by Crippen LogP contribution is -2.10. The number of rotatable bonds is 4. The molecule has 0 spiro atoms. The number of primary amides is 1. The van der Waals surface area contributed by atoms with Crippen LogP contribution >= 0.6 is 11.3 Å². The van der Waals surface area contributed by atoms with E-state index < -0.39 is 5.91 Å². The molecule has 0 saturated heterocycles. The monoisotopic (exact) mass is 351 g/mol. The highest BCUT2D eigenvalue weighted by Crippen LogP contribution is 2.26. The lowest BCUT2D eigenvalue weighted by atomic mass is 10.2. The molecule has 0 fully saturated rings. The predicted octanol–water partition coefficient (Wildman–Crippen LogP) is 2.30. The third kappa shape index (κ3) is 2.88. The fourth-order valence-corrected chi connectivity index (χ4v) is 3.27. The molecule has 5 N–H and O–H groups in total. The summed E-state index contributed by atoms with van der Waals surface area (Å²) in [6.45, 7) is 0. The van der Waals surface area contributed by atoms with Gasteiger partial charge in [0.25, 0.3) is 0 Å². The molecule has 0 radical (unpaired) electrons. The van der Waals surface area contributed by atoms with Crippen LogP contribution in [-0.4, -0.2) is 25.7 Å². The van der Waals surface area contributed by atoms with Crippen LogP contribution in [0.3, 0.4) is 0 Å².